The van der Waals surface area contributed by atoms with Crippen LogP contribution in [-0.2, 0) is 6.54 Å². The number of nitrogens with one attached hydrogen (secondary N) is 1. The highest BCUT2D eigenvalue weighted by Crippen LogP contribution is 2.16. The molecule has 1 unspecified atom stereocenters. The average Bonchev–Trinajstić information content (AvgIpc) is 2.22. The molecule has 16 heavy (non-hydrogen) atoms. The number of hydrogen-bond acceptors (Lipinski definition) is 1. The minimum atomic E-state index is 0.181. The lowest BCUT2D eigenvalue weighted by Crippen LogP contribution is -2.26. The second-order valence-electron chi connectivity index (χ2n) is 4.39. The van der Waals surface area contributed by atoms with Crippen LogP contribution in [0.4, 0.5) is 0 Å². The van der Waals surface area contributed by atoms with Gasteiger partial charge in [0.05, 0.1) is 6.04 Å². The first-order valence-electron chi connectivity index (χ1n) is 5.84. The number of rotatable bonds is 4. The van der Waals surface area contributed by atoms with E-state index < -0.39 is 0 Å². The van der Waals surface area contributed by atoms with Gasteiger partial charge in [0.1, 0.15) is 0 Å². The molecule has 1 atom stereocenters. The molecule has 1 rings (SSSR count). The van der Waals surface area contributed by atoms with Crippen LogP contribution in [0.2, 0.25) is 0 Å². The zero-order valence-corrected chi connectivity index (χ0v) is 10.7. The summed E-state index contributed by atoms with van der Waals surface area (Å²) in [7, 11) is 0. The van der Waals surface area contributed by atoms with E-state index in [0.717, 1.165) is 13.0 Å². The van der Waals surface area contributed by atoms with Crippen LogP contribution < -0.4 is 5.32 Å². The Labute approximate surface area is 99.3 Å². The van der Waals surface area contributed by atoms with E-state index in [4.69, 9.17) is 6.42 Å². The molecule has 86 valence electrons. The van der Waals surface area contributed by atoms with Crippen molar-refractivity contribution in [3.63, 3.8) is 0 Å². The van der Waals surface area contributed by atoms with E-state index in [0.29, 0.717) is 0 Å². The standard InChI is InChI=1S/C15H21N/c1-6-14(7-2)16-10-15-12(4)8-11(3)9-13(15)5/h1,8-9,14,16H,7,10H2,2-5H3. The molecule has 0 aliphatic carbocycles. The lowest BCUT2D eigenvalue weighted by Gasteiger charge is -2.15. The SMILES string of the molecule is C#CC(CC)NCc1c(C)cc(C)cc1C. The summed E-state index contributed by atoms with van der Waals surface area (Å²) < 4.78 is 0. The van der Waals surface area contributed by atoms with Crippen LogP contribution in [-0.4, -0.2) is 6.04 Å². The molecule has 0 spiro atoms. The van der Waals surface area contributed by atoms with Gasteiger partial charge in [0.25, 0.3) is 0 Å². The quantitative estimate of drug-likeness (QED) is 0.761. The predicted octanol–water partition coefficient (Wildman–Crippen LogP) is 3.11. The highest BCUT2D eigenvalue weighted by molar-refractivity contribution is 5.37. The summed E-state index contributed by atoms with van der Waals surface area (Å²) in [5.74, 6) is 2.76. The summed E-state index contributed by atoms with van der Waals surface area (Å²) in [4.78, 5) is 0. The Bertz CT molecular complexity index is 375. The van der Waals surface area contributed by atoms with Gasteiger partial charge in [0.2, 0.25) is 0 Å². The monoisotopic (exact) mass is 215 g/mol. The lowest BCUT2D eigenvalue weighted by molar-refractivity contribution is 0.590. The van der Waals surface area contributed by atoms with Crippen LogP contribution in [0.5, 0.6) is 0 Å². The molecule has 0 aliphatic heterocycles. The highest BCUT2D eigenvalue weighted by atomic mass is 14.9. The topological polar surface area (TPSA) is 12.0 Å². The van der Waals surface area contributed by atoms with E-state index in [2.05, 4.69) is 51.1 Å². The van der Waals surface area contributed by atoms with Crippen molar-refractivity contribution >= 4 is 0 Å². The molecule has 0 saturated heterocycles. The predicted molar refractivity (Wildman–Crippen MR) is 70.4 cm³/mol. The molecular weight excluding hydrogens is 194 g/mol. The molecule has 0 aliphatic rings. The largest absolute Gasteiger partial charge is 0.300 e. The molecule has 1 nitrogen and oxygen atoms in total. The maximum absolute atomic E-state index is 5.44. The molecule has 0 fully saturated rings. The Morgan fingerprint density at radius 1 is 1.25 bits per heavy atom. The van der Waals surface area contributed by atoms with Crippen LogP contribution in [0.3, 0.4) is 0 Å². The van der Waals surface area contributed by atoms with Gasteiger partial charge in [-0.25, -0.2) is 0 Å². The molecule has 0 amide bonds. The number of hydrogen-bond donors (Lipinski definition) is 1. The fraction of sp³-hybridized carbons (Fsp3) is 0.467. The van der Waals surface area contributed by atoms with E-state index in [1.807, 2.05) is 0 Å². The van der Waals surface area contributed by atoms with Crippen LogP contribution in [0.25, 0.3) is 0 Å². The van der Waals surface area contributed by atoms with Crippen molar-refractivity contribution in [2.75, 3.05) is 0 Å². The smallest absolute Gasteiger partial charge is 0.0686 e. The molecule has 1 aromatic rings. The van der Waals surface area contributed by atoms with Gasteiger partial charge < -0.3 is 0 Å². The Hall–Kier alpha value is -1.26. The molecule has 1 N–H and O–H groups in total. The summed E-state index contributed by atoms with van der Waals surface area (Å²) in [6, 6.07) is 4.63. The Kier molecular flexibility index (Phi) is 4.58. The average molecular weight is 215 g/mol. The molecule has 0 aromatic heterocycles. The fourth-order valence-electron chi connectivity index (χ4n) is 2.04. The molecular formula is C15H21N. The van der Waals surface area contributed by atoms with Crippen molar-refractivity contribution in [3.05, 3.63) is 34.4 Å². The number of terminal acetylenes is 1. The van der Waals surface area contributed by atoms with Gasteiger partial charge in [0.15, 0.2) is 0 Å². The minimum absolute atomic E-state index is 0.181. The molecule has 0 bridgehead atoms. The first-order chi connectivity index (χ1) is 7.58. The lowest BCUT2D eigenvalue weighted by atomic mass is 9.99. The van der Waals surface area contributed by atoms with Gasteiger partial charge in [-0.05, 0) is 43.9 Å². The van der Waals surface area contributed by atoms with Crippen molar-refractivity contribution < 1.29 is 0 Å². The van der Waals surface area contributed by atoms with Crippen LogP contribution >= 0.6 is 0 Å². The van der Waals surface area contributed by atoms with Crippen molar-refractivity contribution in [1.29, 1.82) is 0 Å². The van der Waals surface area contributed by atoms with Gasteiger partial charge >= 0.3 is 0 Å². The highest BCUT2D eigenvalue weighted by Gasteiger charge is 2.06. The third-order valence-corrected chi connectivity index (χ3v) is 2.98. The van der Waals surface area contributed by atoms with Gasteiger partial charge in [-0.15, -0.1) is 6.42 Å². The van der Waals surface area contributed by atoms with E-state index in [1.54, 1.807) is 0 Å². The zero-order valence-electron chi connectivity index (χ0n) is 10.7. The minimum Gasteiger partial charge on any atom is -0.300 e. The van der Waals surface area contributed by atoms with Crippen LogP contribution in [0.15, 0.2) is 12.1 Å². The Morgan fingerprint density at radius 2 is 1.81 bits per heavy atom. The maximum Gasteiger partial charge on any atom is 0.0686 e. The number of benzene rings is 1. The van der Waals surface area contributed by atoms with Crippen molar-refractivity contribution in [2.24, 2.45) is 0 Å². The maximum atomic E-state index is 5.44. The van der Waals surface area contributed by atoms with Gasteiger partial charge in [0, 0.05) is 6.54 Å². The number of aryl methyl sites for hydroxylation is 3. The Balaban J connectivity index is 2.79. The van der Waals surface area contributed by atoms with E-state index in [-0.39, 0.29) is 6.04 Å². The molecule has 1 heteroatoms. The second kappa shape index (κ2) is 5.72. The zero-order chi connectivity index (χ0) is 12.1. The summed E-state index contributed by atoms with van der Waals surface area (Å²) in [5.41, 5.74) is 5.38. The van der Waals surface area contributed by atoms with Crippen molar-refractivity contribution in [2.45, 2.75) is 46.7 Å². The molecule has 0 radical (unpaired) electrons. The van der Waals surface area contributed by atoms with Gasteiger partial charge in [-0.3, -0.25) is 5.32 Å². The third-order valence-electron chi connectivity index (χ3n) is 2.98. The first kappa shape index (κ1) is 12.8. The third kappa shape index (κ3) is 3.12. The molecule has 0 heterocycles. The van der Waals surface area contributed by atoms with E-state index >= 15 is 0 Å². The van der Waals surface area contributed by atoms with Gasteiger partial charge in [-0.2, -0.15) is 0 Å². The summed E-state index contributed by atoms with van der Waals surface area (Å²) >= 11 is 0. The van der Waals surface area contributed by atoms with E-state index in [1.165, 1.54) is 22.3 Å². The van der Waals surface area contributed by atoms with E-state index in [9.17, 15) is 0 Å². The van der Waals surface area contributed by atoms with Crippen LogP contribution in [0, 0.1) is 33.1 Å². The van der Waals surface area contributed by atoms with Crippen molar-refractivity contribution in [3.8, 4) is 12.3 Å². The fourth-order valence-corrected chi connectivity index (χ4v) is 2.04. The summed E-state index contributed by atoms with van der Waals surface area (Å²) in [6.45, 7) is 9.42. The second-order valence-corrected chi connectivity index (χ2v) is 4.39. The molecule has 1 aromatic carbocycles. The van der Waals surface area contributed by atoms with Crippen molar-refractivity contribution in [1.82, 2.24) is 5.32 Å². The Morgan fingerprint density at radius 3 is 2.25 bits per heavy atom. The van der Waals surface area contributed by atoms with Crippen LogP contribution in [0.1, 0.15) is 35.6 Å². The summed E-state index contributed by atoms with van der Waals surface area (Å²) in [5, 5.41) is 3.40. The summed E-state index contributed by atoms with van der Waals surface area (Å²) in [6.07, 6.45) is 6.41. The van der Waals surface area contributed by atoms with Gasteiger partial charge in [-0.1, -0.05) is 30.5 Å². The normalized spacial score (nSPS) is 12.2. The first-order valence-corrected chi connectivity index (χ1v) is 5.84. The molecule has 0 saturated carbocycles.